The zero-order chi connectivity index (χ0) is 20.8. The second-order valence-electron chi connectivity index (χ2n) is 6.31. The lowest BCUT2D eigenvalue weighted by Crippen LogP contribution is -2.15. The Balaban J connectivity index is 1.73. The topological polar surface area (TPSA) is 105 Å². The van der Waals surface area contributed by atoms with Gasteiger partial charge in [-0.3, -0.25) is 9.59 Å². The van der Waals surface area contributed by atoms with Gasteiger partial charge in [-0.05, 0) is 55.0 Å². The number of anilines is 4. The van der Waals surface area contributed by atoms with Crippen LogP contribution in [0.4, 0.5) is 23.0 Å². The van der Waals surface area contributed by atoms with Gasteiger partial charge < -0.3 is 20.7 Å². The van der Waals surface area contributed by atoms with E-state index >= 15 is 0 Å². The van der Waals surface area contributed by atoms with Gasteiger partial charge in [0, 0.05) is 24.5 Å². The van der Waals surface area contributed by atoms with E-state index in [0.717, 1.165) is 5.56 Å². The van der Waals surface area contributed by atoms with Gasteiger partial charge in [0.1, 0.15) is 11.4 Å². The van der Waals surface area contributed by atoms with Crippen LogP contribution in [0.1, 0.15) is 23.0 Å². The summed E-state index contributed by atoms with van der Waals surface area (Å²) in [5.74, 6) is 0.392. The highest BCUT2D eigenvalue weighted by Crippen LogP contribution is 2.27. The summed E-state index contributed by atoms with van der Waals surface area (Å²) in [4.78, 5) is 32.1. The van der Waals surface area contributed by atoms with Crippen molar-refractivity contribution in [2.24, 2.45) is 0 Å². The normalized spacial score (nSPS) is 10.2. The highest BCUT2D eigenvalue weighted by atomic mass is 16.5. The van der Waals surface area contributed by atoms with Crippen LogP contribution in [0.5, 0.6) is 5.75 Å². The number of rotatable bonds is 6. The molecule has 1 aromatic heterocycles. The van der Waals surface area contributed by atoms with Crippen molar-refractivity contribution in [3.05, 3.63) is 66.0 Å². The molecular weight excluding hydrogens is 370 g/mol. The lowest BCUT2D eigenvalue weighted by atomic mass is 10.2. The van der Waals surface area contributed by atoms with Gasteiger partial charge in [0.25, 0.3) is 5.91 Å². The van der Waals surface area contributed by atoms with Crippen LogP contribution in [0.25, 0.3) is 0 Å². The third kappa shape index (κ3) is 5.29. The zero-order valence-corrected chi connectivity index (χ0v) is 16.3. The SMILES string of the molecule is COc1ccc(C)cc1Nc1nccc(C(=O)Nc2ccc(NC(C)=O)cc2)n1. The molecule has 0 aliphatic rings. The van der Waals surface area contributed by atoms with Crippen LogP contribution >= 0.6 is 0 Å². The Morgan fingerprint density at radius 3 is 2.31 bits per heavy atom. The van der Waals surface area contributed by atoms with Crippen molar-refractivity contribution in [3.8, 4) is 5.75 Å². The molecule has 2 aromatic carbocycles. The van der Waals surface area contributed by atoms with Crippen molar-refractivity contribution in [3.63, 3.8) is 0 Å². The van der Waals surface area contributed by atoms with Crippen molar-refractivity contribution < 1.29 is 14.3 Å². The molecule has 1 heterocycles. The van der Waals surface area contributed by atoms with Crippen molar-refractivity contribution in [1.82, 2.24) is 9.97 Å². The molecule has 0 spiro atoms. The van der Waals surface area contributed by atoms with Crippen LogP contribution in [0.3, 0.4) is 0 Å². The fourth-order valence-electron chi connectivity index (χ4n) is 2.62. The molecule has 0 fully saturated rings. The lowest BCUT2D eigenvalue weighted by Gasteiger charge is -2.11. The molecule has 0 radical (unpaired) electrons. The predicted molar refractivity (Wildman–Crippen MR) is 112 cm³/mol. The summed E-state index contributed by atoms with van der Waals surface area (Å²) in [7, 11) is 1.58. The average molecular weight is 391 g/mol. The molecule has 148 valence electrons. The smallest absolute Gasteiger partial charge is 0.274 e. The van der Waals surface area contributed by atoms with Gasteiger partial charge in [-0.15, -0.1) is 0 Å². The van der Waals surface area contributed by atoms with Gasteiger partial charge in [0.2, 0.25) is 11.9 Å². The fraction of sp³-hybridized carbons (Fsp3) is 0.143. The second-order valence-corrected chi connectivity index (χ2v) is 6.31. The number of hydrogen-bond donors (Lipinski definition) is 3. The van der Waals surface area contributed by atoms with E-state index in [1.807, 2.05) is 25.1 Å². The van der Waals surface area contributed by atoms with Gasteiger partial charge in [-0.2, -0.15) is 0 Å². The summed E-state index contributed by atoms with van der Waals surface area (Å²) in [5.41, 5.74) is 3.19. The van der Waals surface area contributed by atoms with E-state index in [4.69, 9.17) is 4.74 Å². The van der Waals surface area contributed by atoms with Crippen molar-refractivity contribution in [2.45, 2.75) is 13.8 Å². The number of nitrogens with one attached hydrogen (secondary N) is 3. The summed E-state index contributed by atoms with van der Waals surface area (Å²) < 4.78 is 5.34. The van der Waals surface area contributed by atoms with Gasteiger partial charge >= 0.3 is 0 Å². The zero-order valence-electron chi connectivity index (χ0n) is 16.3. The van der Waals surface area contributed by atoms with Crippen LogP contribution in [-0.4, -0.2) is 28.9 Å². The summed E-state index contributed by atoms with van der Waals surface area (Å²) in [6.45, 7) is 3.40. The minimum atomic E-state index is -0.376. The van der Waals surface area contributed by atoms with Crippen molar-refractivity contribution in [2.75, 3.05) is 23.1 Å². The quantitative estimate of drug-likeness (QED) is 0.591. The van der Waals surface area contributed by atoms with Crippen LogP contribution in [-0.2, 0) is 4.79 Å². The molecule has 3 rings (SSSR count). The lowest BCUT2D eigenvalue weighted by molar-refractivity contribution is -0.114. The van der Waals surface area contributed by atoms with Crippen LogP contribution in [0.15, 0.2) is 54.7 Å². The number of aromatic nitrogens is 2. The van der Waals surface area contributed by atoms with E-state index in [0.29, 0.717) is 22.8 Å². The second kappa shape index (κ2) is 8.83. The molecule has 0 aliphatic heterocycles. The van der Waals surface area contributed by atoms with Gasteiger partial charge in [-0.25, -0.2) is 9.97 Å². The van der Waals surface area contributed by atoms with E-state index in [-0.39, 0.29) is 23.5 Å². The molecule has 0 atom stereocenters. The fourth-order valence-corrected chi connectivity index (χ4v) is 2.62. The Bertz CT molecular complexity index is 1030. The van der Waals surface area contributed by atoms with Crippen molar-refractivity contribution >= 4 is 34.8 Å². The highest BCUT2D eigenvalue weighted by molar-refractivity contribution is 6.03. The minimum Gasteiger partial charge on any atom is -0.495 e. The molecule has 0 saturated heterocycles. The van der Waals surface area contributed by atoms with Gasteiger partial charge in [0.05, 0.1) is 12.8 Å². The predicted octanol–water partition coefficient (Wildman–Crippen LogP) is 3.75. The Morgan fingerprint density at radius 1 is 0.966 bits per heavy atom. The number of benzene rings is 2. The van der Waals surface area contributed by atoms with E-state index in [9.17, 15) is 9.59 Å². The van der Waals surface area contributed by atoms with Gasteiger partial charge in [0.15, 0.2) is 0 Å². The van der Waals surface area contributed by atoms with E-state index in [2.05, 4.69) is 25.9 Å². The Morgan fingerprint density at radius 2 is 1.66 bits per heavy atom. The molecule has 3 N–H and O–H groups in total. The monoisotopic (exact) mass is 391 g/mol. The van der Waals surface area contributed by atoms with E-state index in [1.54, 1.807) is 31.4 Å². The minimum absolute atomic E-state index is 0.159. The van der Waals surface area contributed by atoms with E-state index < -0.39 is 0 Å². The molecule has 29 heavy (non-hydrogen) atoms. The van der Waals surface area contributed by atoms with E-state index in [1.165, 1.54) is 19.2 Å². The van der Waals surface area contributed by atoms with Crippen molar-refractivity contribution in [1.29, 1.82) is 0 Å². The first-order chi connectivity index (χ1) is 13.9. The maximum absolute atomic E-state index is 12.5. The molecule has 0 saturated carbocycles. The molecule has 8 heteroatoms. The summed E-state index contributed by atoms with van der Waals surface area (Å²) >= 11 is 0. The molecule has 0 bridgehead atoms. The molecule has 2 amide bonds. The number of carbonyl (C=O) groups excluding carboxylic acids is 2. The number of hydrogen-bond acceptors (Lipinski definition) is 6. The van der Waals surface area contributed by atoms with Crippen LogP contribution in [0.2, 0.25) is 0 Å². The Kier molecular flexibility index (Phi) is 6.03. The highest BCUT2D eigenvalue weighted by Gasteiger charge is 2.11. The van der Waals surface area contributed by atoms with Crippen LogP contribution in [0, 0.1) is 6.92 Å². The van der Waals surface area contributed by atoms with Crippen LogP contribution < -0.4 is 20.7 Å². The first-order valence-electron chi connectivity index (χ1n) is 8.88. The molecule has 0 aliphatic carbocycles. The number of nitrogens with zero attached hydrogens (tertiary/aromatic N) is 2. The number of aryl methyl sites for hydroxylation is 1. The third-order valence-corrected chi connectivity index (χ3v) is 3.95. The maximum Gasteiger partial charge on any atom is 0.274 e. The summed E-state index contributed by atoms with van der Waals surface area (Å²) in [6, 6.07) is 14.0. The number of carbonyl (C=O) groups is 2. The Hall–Kier alpha value is -3.94. The molecule has 8 nitrogen and oxygen atoms in total. The first kappa shape index (κ1) is 19.8. The summed E-state index contributed by atoms with van der Waals surface area (Å²) in [6.07, 6.45) is 1.51. The third-order valence-electron chi connectivity index (χ3n) is 3.95. The number of ether oxygens (including phenoxy) is 1. The molecule has 0 unspecified atom stereocenters. The number of methoxy groups -OCH3 is 1. The molecule has 3 aromatic rings. The Labute approximate surface area is 168 Å². The average Bonchev–Trinajstić information content (AvgIpc) is 2.69. The standard InChI is InChI=1S/C21H21N5O3/c1-13-4-9-19(29-3)18(12-13)26-21-22-11-10-17(25-21)20(28)24-16-7-5-15(6-8-16)23-14(2)27/h4-12H,1-3H3,(H,23,27)(H,24,28)(H,22,25,26). The summed E-state index contributed by atoms with van der Waals surface area (Å²) in [5, 5.41) is 8.52. The first-order valence-corrected chi connectivity index (χ1v) is 8.88. The molecular formula is C21H21N5O3. The largest absolute Gasteiger partial charge is 0.495 e. The number of amides is 2. The van der Waals surface area contributed by atoms with Gasteiger partial charge in [-0.1, -0.05) is 6.07 Å². The maximum atomic E-state index is 12.5.